The van der Waals surface area contributed by atoms with Gasteiger partial charge in [-0.25, -0.2) is 9.78 Å². The minimum absolute atomic E-state index is 0.106. The van der Waals surface area contributed by atoms with Crippen LogP contribution in [-0.2, 0) is 18.3 Å². The fourth-order valence-corrected chi connectivity index (χ4v) is 1.74. The molecule has 0 bridgehead atoms. The number of nitrogens with zero attached hydrogens (tertiary/aromatic N) is 4. The maximum Gasteiger partial charge on any atom is 0.344 e. The first-order valence-corrected chi connectivity index (χ1v) is 5.96. The molecule has 9 heteroatoms. The van der Waals surface area contributed by atoms with Crippen molar-refractivity contribution in [2.75, 3.05) is 12.4 Å². The summed E-state index contributed by atoms with van der Waals surface area (Å²) in [5.74, 6) is -0.0722. The molecule has 0 aliphatic rings. The van der Waals surface area contributed by atoms with Crippen LogP contribution in [0, 0.1) is 10.1 Å². The summed E-state index contributed by atoms with van der Waals surface area (Å²) in [5.41, 5.74) is 0.139. The summed E-state index contributed by atoms with van der Waals surface area (Å²) in [5, 5.41) is 17.8. The number of aromatic nitrogens is 3. The first-order valence-electron chi connectivity index (χ1n) is 5.96. The molecule has 0 fully saturated rings. The highest BCUT2D eigenvalue weighted by molar-refractivity contribution is 5.95. The van der Waals surface area contributed by atoms with Crippen LogP contribution in [0.15, 0.2) is 24.5 Å². The standard InChI is InChI=1S/C12H13N5O4/c1-16-11(14-7-15-16)6-13-8-3-4-10(17(19)20)9(5-8)12(18)21-2/h3-5,7,13H,6H2,1-2H3. The van der Waals surface area contributed by atoms with Gasteiger partial charge in [0.25, 0.3) is 5.69 Å². The number of esters is 1. The van der Waals surface area contributed by atoms with Gasteiger partial charge in [0.15, 0.2) is 0 Å². The summed E-state index contributed by atoms with van der Waals surface area (Å²) in [7, 11) is 2.92. The molecule has 1 heterocycles. The van der Waals surface area contributed by atoms with Crippen molar-refractivity contribution in [3.63, 3.8) is 0 Å². The fourth-order valence-electron chi connectivity index (χ4n) is 1.74. The van der Waals surface area contributed by atoms with Crippen LogP contribution in [-0.4, -0.2) is 32.8 Å². The van der Waals surface area contributed by atoms with Crippen molar-refractivity contribution in [1.82, 2.24) is 14.8 Å². The molecule has 0 saturated carbocycles. The van der Waals surface area contributed by atoms with Crippen LogP contribution < -0.4 is 5.32 Å². The van der Waals surface area contributed by atoms with Crippen molar-refractivity contribution in [3.8, 4) is 0 Å². The molecule has 110 valence electrons. The third kappa shape index (κ3) is 3.14. The van der Waals surface area contributed by atoms with Gasteiger partial charge in [-0.1, -0.05) is 0 Å². The van der Waals surface area contributed by atoms with E-state index in [9.17, 15) is 14.9 Å². The maximum atomic E-state index is 11.6. The van der Waals surface area contributed by atoms with E-state index in [0.717, 1.165) is 0 Å². The van der Waals surface area contributed by atoms with Gasteiger partial charge in [-0.2, -0.15) is 5.10 Å². The van der Waals surface area contributed by atoms with Crippen molar-refractivity contribution < 1.29 is 14.5 Å². The van der Waals surface area contributed by atoms with Crippen LogP contribution in [0.25, 0.3) is 0 Å². The van der Waals surface area contributed by atoms with E-state index < -0.39 is 10.9 Å². The lowest BCUT2D eigenvalue weighted by atomic mass is 10.1. The van der Waals surface area contributed by atoms with Gasteiger partial charge < -0.3 is 10.1 Å². The van der Waals surface area contributed by atoms with E-state index in [1.54, 1.807) is 11.7 Å². The summed E-state index contributed by atoms with van der Waals surface area (Å²) >= 11 is 0. The van der Waals surface area contributed by atoms with Gasteiger partial charge in [-0.3, -0.25) is 14.8 Å². The summed E-state index contributed by atoms with van der Waals surface area (Å²) in [6.07, 6.45) is 1.42. The van der Waals surface area contributed by atoms with Crippen LogP contribution in [0.2, 0.25) is 0 Å². The zero-order valence-corrected chi connectivity index (χ0v) is 11.4. The molecule has 0 spiro atoms. The van der Waals surface area contributed by atoms with E-state index in [-0.39, 0.29) is 11.3 Å². The average Bonchev–Trinajstić information content (AvgIpc) is 2.89. The molecule has 0 aliphatic heterocycles. The van der Waals surface area contributed by atoms with Crippen LogP contribution >= 0.6 is 0 Å². The lowest BCUT2D eigenvalue weighted by molar-refractivity contribution is -0.385. The molecule has 0 radical (unpaired) electrons. The number of rotatable bonds is 5. The Morgan fingerprint density at radius 1 is 1.52 bits per heavy atom. The lowest BCUT2D eigenvalue weighted by Gasteiger charge is -2.08. The van der Waals surface area contributed by atoms with Gasteiger partial charge in [0.05, 0.1) is 18.6 Å². The highest BCUT2D eigenvalue weighted by Crippen LogP contribution is 2.23. The molecule has 1 aromatic carbocycles. The molecule has 2 aromatic rings. The molecule has 0 atom stereocenters. The Morgan fingerprint density at radius 3 is 2.86 bits per heavy atom. The Bertz CT molecular complexity index is 682. The Kier molecular flexibility index (Phi) is 4.12. The molecule has 1 N–H and O–H groups in total. The van der Waals surface area contributed by atoms with E-state index in [4.69, 9.17) is 0 Å². The quantitative estimate of drug-likeness (QED) is 0.499. The number of hydrogen-bond acceptors (Lipinski definition) is 7. The van der Waals surface area contributed by atoms with Crippen molar-refractivity contribution in [1.29, 1.82) is 0 Å². The highest BCUT2D eigenvalue weighted by Gasteiger charge is 2.21. The molecular formula is C12H13N5O4. The molecule has 1 aromatic heterocycles. The van der Waals surface area contributed by atoms with Crippen molar-refractivity contribution >= 4 is 17.3 Å². The second-order valence-corrected chi connectivity index (χ2v) is 4.13. The Morgan fingerprint density at radius 2 is 2.29 bits per heavy atom. The number of benzene rings is 1. The number of anilines is 1. The van der Waals surface area contributed by atoms with Gasteiger partial charge in [-0.15, -0.1) is 0 Å². The van der Waals surface area contributed by atoms with Crippen LogP contribution in [0.5, 0.6) is 0 Å². The third-order valence-corrected chi connectivity index (χ3v) is 2.85. The fraction of sp³-hybridized carbons (Fsp3) is 0.250. The van der Waals surface area contributed by atoms with Gasteiger partial charge in [0.2, 0.25) is 0 Å². The van der Waals surface area contributed by atoms with Crippen LogP contribution in [0.4, 0.5) is 11.4 Å². The van der Waals surface area contributed by atoms with Crippen molar-refractivity contribution in [2.24, 2.45) is 7.05 Å². The maximum absolute atomic E-state index is 11.6. The number of carbonyl (C=O) groups excluding carboxylic acids is 1. The molecule has 9 nitrogen and oxygen atoms in total. The van der Waals surface area contributed by atoms with E-state index in [2.05, 4.69) is 20.1 Å². The first-order chi connectivity index (χ1) is 10.0. The summed E-state index contributed by atoms with van der Waals surface area (Å²) < 4.78 is 6.15. The molecule has 0 amide bonds. The highest BCUT2D eigenvalue weighted by atomic mass is 16.6. The Balaban J connectivity index is 2.23. The second-order valence-electron chi connectivity index (χ2n) is 4.13. The second kappa shape index (κ2) is 5.99. The van der Waals surface area contributed by atoms with Crippen LogP contribution in [0.3, 0.4) is 0 Å². The molecule has 0 unspecified atom stereocenters. The molecule has 2 rings (SSSR count). The zero-order chi connectivity index (χ0) is 15.4. The molecule has 0 saturated heterocycles. The summed E-state index contributed by atoms with van der Waals surface area (Å²) in [4.78, 5) is 25.9. The Labute approximate surface area is 119 Å². The number of nitro groups is 1. The molecule has 0 aliphatic carbocycles. The average molecular weight is 291 g/mol. The summed E-state index contributed by atoms with van der Waals surface area (Å²) in [6, 6.07) is 4.15. The SMILES string of the molecule is COC(=O)c1cc(NCc2ncnn2C)ccc1[N+](=O)[O-]. The van der Waals surface area contributed by atoms with Gasteiger partial charge in [0, 0.05) is 18.8 Å². The predicted octanol–water partition coefficient (Wildman–Crippen LogP) is 1.12. The van der Waals surface area contributed by atoms with Gasteiger partial charge >= 0.3 is 5.97 Å². The largest absolute Gasteiger partial charge is 0.465 e. The van der Waals surface area contributed by atoms with E-state index >= 15 is 0 Å². The predicted molar refractivity (Wildman–Crippen MR) is 72.8 cm³/mol. The Hall–Kier alpha value is -2.97. The number of nitrogens with one attached hydrogen (secondary N) is 1. The smallest absolute Gasteiger partial charge is 0.344 e. The normalized spacial score (nSPS) is 10.2. The topological polar surface area (TPSA) is 112 Å². The van der Waals surface area contributed by atoms with Gasteiger partial charge in [-0.05, 0) is 12.1 Å². The number of hydrogen-bond donors (Lipinski definition) is 1. The zero-order valence-electron chi connectivity index (χ0n) is 11.4. The third-order valence-electron chi connectivity index (χ3n) is 2.85. The van der Waals surface area contributed by atoms with Gasteiger partial charge in [0.1, 0.15) is 17.7 Å². The summed E-state index contributed by atoms with van der Waals surface area (Å²) in [6.45, 7) is 0.370. The van der Waals surface area contributed by atoms with Crippen molar-refractivity contribution in [3.05, 3.63) is 46.0 Å². The number of carbonyl (C=O) groups is 1. The van der Waals surface area contributed by atoms with E-state index in [1.807, 2.05) is 0 Å². The first kappa shape index (κ1) is 14.4. The minimum Gasteiger partial charge on any atom is -0.465 e. The van der Waals surface area contributed by atoms with E-state index in [0.29, 0.717) is 18.1 Å². The molecular weight excluding hydrogens is 278 g/mol. The number of ether oxygens (including phenoxy) is 1. The monoisotopic (exact) mass is 291 g/mol. The van der Waals surface area contributed by atoms with Crippen LogP contribution in [0.1, 0.15) is 16.2 Å². The number of aryl methyl sites for hydroxylation is 1. The molecule has 21 heavy (non-hydrogen) atoms. The number of methoxy groups -OCH3 is 1. The number of nitro benzene ring substituents is 1. The van der Waals surface area contributed by atoms with Crippen molar-refractivity contribution in [2.45, 2.75) is 6.54 Å². The minimum atomic E-state index is -0.760. The van der Waals surface area contributed by atoms with E-state index in [1.165, 1.54) is 31.6 Å². The lowest BCUT2D eigenvalue weighted by Crippen LogP contribution is -2.09.